The second kappa shape index (κ2) is 5.31. The highest BCUT2D eigenvalue weighted by atomic mass is 15.1. The Morgan fingerprint density at radius 2 is 2.13 bits per heavy atom. The highest BCUT2D eigenvalue weighted by Gasteiger charge is 2.17. The summed E-state index contributed by atoms with van der Waals surface area (Å²) in [6.45, 7) is 7.20. The summed E-state index contributed by atoms with van der Waals surface area (Å²) in [5.74, 6) is 0.926. The Morgan fingerprint density at radius 3 is 2.73 bits per heavy atom. The van der Waals surface area contributed by atoms with Crippen LogP contribution < -0.4 is 0 Å². The van der Waals surface area contributed by atoms with Gasteiger partial charge in [0.1, 0.15) is 0 Å². The summed E-state index contributed by atoms with van der Waals surface area (Å²) in [4.78, 5) is 6.62. The van der Waals surface area contributed by atoms with Gasteiger partial charge >= 0.3 is 0 Å². The molecule has 3 heteroatoms. The van der Waals surface area contributed by atoms with E-state index in [-0.39, 0.29) is 0 Å². The van der Waals surface area contributed by atoms with Crippen LogP contribution in [0.3, 0.4) is 0 Å². The lowest BCUT2D eigenvalue weighted by Crippen LogP contribution is -2.33. The lowest BCUT2D eigenvalue weighted by Gasteiger charge is -2.31. The van der Waals surface area contributed by atoms with E-state index in [9.17, 15) is 0 Å². The number of rotatable bonds is 4. The molecule has 0 saturated carbocycles. The van der Waals surface area contributed by atoms with E-state index in [4.69, 9.17) is 0 Å². The molecule has 0 radical (unpaired) electrons. The van der Waals surface area contributed by atoms with Crippen molar-refractivity contribution in [3.63, 3.8) is 0 Å². The number of nitrogens with zero attached hydrogens (tertiary/aromatic N) is 3. The fourth-order valence-corrected chi connectivity index (χ4v) is 2.34. The summed E-state index contributed by atoms with van der Waals surface area (Å²) >= 11 is 0. The SMILES string of the molecule is CCN1CCC(CCn2ccnc2)CC1. The third-order valence-corrected chi connectivity index (χ3v) is 3.51. The average Bonchev–Trinajstić information content (AvgIpc) is 2.80. The number of hydrogen-bond acceptors (Lipinski definition) is 2. The van der Waals surface area contributed by atoms with Gasteiger partial charge in [-0.3, -0.25) is 0 Å². The molecule has 1 saturated heterocycles. The zero-order valence-corrected chi connectivity index (χ0v) is 9.60. The van der Waals surface area contributed by atoms with Gasteiger partial charge in [-0.25, -0.2) is 4.98 Å². The number of aryl methyl sites for hydroxylation is 1. The zero-order chi connectivity index (χ0) is 10.5. The van der Waals surface area contributed by atoms with Crippen molar-refractivity contribution < 1.29 is 0 Å². The number of imidazole rings is 1. The molecular formula is C12H21N3. The van der Waals surface area contributed by atoms with Crippen molar-refractivity contribution >= 4 is 0 Å². The second-order valence-electron chi connectivity index (χ2n) is 4.47. The van der Waals surface area contributed by atoms with Gasteiger partial charge in [-0.1, -0.05) is 6.92 Å². The number of likely N-dealkylation sites (tertiary alicyclic amines) is 1. The maximum Gasteiger partial charge on any atom is 0.0945 e. The first-order valence-corrected chi connectivity index (χ1v) is 6.06. The monoisotopic (exact) mass is 207 g/mol. The Bertz CT molecular complexity index is 260. The molecule has 1 aromatic rings. The van der Waals surface area contributed by atoms with E-state index in [0.717, 1.165) is 12.5 Å². The van der Waals surface area contributed by atoms with Gasteiger partial charge < -0.3 is 9.47 Å². The molecule has 1 fully saturated rings. The Hall–Kier alpha value is -0.830. The van der Waals surface area contributed by atoms with E-state index in [0.29, 0.717) is 0 Å². The van der Waals surface area contributed by atoms with Crippen molar-refractivity contribution in [1.82, 2.24) is 14.5 Å². The topological polar surface area (TPSA) is 21.1 Å². The van der Waals surface area contributed by atoms with E-state index in [1.54, 1.807) is 0 Å². The maximum atomic E-state index is 4.07. The third kappa shape index (κ3) is 3.06. The molecule has 0 spiro atoms. The Balaban J connectivity index is 1.69. The fraction of sp³-hybridized carbons (Fsp3) is 0.750. The molecule has 0 aliphatic carbocycles. The first-order valence-electron chi connectivity index (χ1n) is 6.06. The van der Waals surface area contributed by atoms with E-state index in [1.165, 1.54) is 38.9 Å². The van der Waals surface area contributed by atoms with Crippen LogP contribution in [0.1, 0.15) is 26.2 Å². The Kier molecular flexibility index (Phi) is 3.78. The van der Waals surface area contributed by atoms with Crippen LogP contribution >= 0.6 is 0 Å². The van der Waals surface area contributed by atoms with Gasteiger partial charge in [0.15, 0.2) is 0 Å². The van der Waals surface area contributed by atoms with Gasteiger partial charge in [0.05, 0.1) is 6.33 Å². The predicted molar refractivity (Wildman–Crippen MR) is 61.7 cm³/mol. The molecule has 2 heterocycles. The lowest BCUT2D eigenvalue weighted by molar-refractivity contribution is 0.183. The first-order chi connectivity index (χ1) is 7.38. The Labute approximate surface area is 92.1 Å². The van der Waals surface area contributed by atoms with E-state index >= 15 is 0 Å². The molecule has 1 aromatic heterocycles. The van der Waals surface area contributed by atoms with Gasteiger partial charge in [-0.2, -0.15) is 0 Å². The summed E-state index contributed by atoms with van der Waals surface area (Å²) in [5.41, 5.74) is 0. The number of aromatic nitrogens is 2. The van der Waals surface area contributed by atoms with Gasteiger partial charge in [0, 0.05) is 18.9 Å². The normalized spacial score (nSPS) is 19.5. The summed E-state index contributed by atoms with van der Waals surface area (Å²) in [6, 6.07) is 0. The molecule has 1 aliphatic heterocycles. The largest absolute Gasteiger partial charge is 0.337 e. The highest BCUT2D eigenvalue weighted by molar-refractivity contribution is 4.76. The van der Waals surface area contributed by atoms with Crippen molar-refractivity contribution in [1.29, 1.82) is 0 Å². The van der Waals surface area contributed by atoms with Crippen LogP contribution in [0.5, 0.6) is 0 Å². The van der Waals surface area contributed by atoms with Crippen molar-refractivity contribution in [3.05, 3.63) is 18.7 Å². The molecule has 0 N–H and O–H groups in total. The minimum absolute atomic E-state index is 0.926. The maximum absolute atomic E-state index is 4.07. The molecule has 0 unspecified atom stereocenters. The minimum atomic E-state index is 0.926. The number of piperidine rings is 1. The van der Waals surface area contributed by atoms with Crippen LogP contribution in [-0.4, -0.2) is 34.1 Å². The van der Waals surface area contributed by atoms with Crippen LogP contribution in [0.15, 0.2) is 18.7 Å². The van der Waals surface area contributed by atoms with Crippen LogP contribution in [0.25, 0.3) is 0 Å². The molecule has 2 rings (SSSR count). The first kappa shape index (κ1) is 10.7. The summed E-state index contributed by atoms with van der Waals surface area (Å²) < 4.78 is 2.19. The van der Waals surface area contributed by atoms with Crippen LogP contribution in [0.4, 0.5) is 0 Å². The zero-order valence-electron chi connectivity index (χ0n) is 9.60. The lowest BCUT2D eigenvalue weighted by atomic mass is 9.93. The van der Waals surface area contributed by atoms with Crippen molar-refractivity contribution in [2.24, 2.45) is 5.92 Å². The fourth-order valence-electron chi connectivity index (χ4n) is 2.34. The molecule has 15 heavy (non-hydrogen) atoms. The van der Waals surface area contributed by atoms with Crippen molar-refractivity contribution in [3.8, 4) is 0 Å². The summed E-state index contributed by atoms with van der Waals surface area (Å²) in [7, 11) is 0. The smallest absolute Gasteiger partial charge is 0.0945 e. The standard InChI is InChI=1S/C12H21N3/c1-2-14-7-3-12(4-8-14)5-9-15-10-6-13-11-15/h6,10-12H,2-5,7-9H2,1H3. The van der Waals surface area contributed by atoms with Gasteiger partial charge in [-0.05, 0) is 44.8 Å². The summed E-state index contributed by atoms with van der Waals surface area (Å²) in [5, 5.41) is 0. The van der Waals surface area contributed by atoms with Crippen molar-refractivity contribution in [2.45, 2.75) is 32.7 Å². The van der Waals surface area contributed by atoms with Crippen LogP contribution in [0, 0.1) is 5.92 Å². The van der Waals surface area contributed by atoms with E-state index < -0.39 is 0 Å². The van der Waals surface area contributed by atoms with Crippen LogP contribution in [-0.2, 0) is 6.54 Å². The molecule has 1 aliphatic rings. The van der Waals surface area contributed by atoms with Crippen molar-refractivity contribution in [2.75, 3.05) is 19.6 Å². The average molecular weight is 207 g/mol. The molecule has 3 nitrogen and oxygen atoms in total. The second-order valence-corrected chi connectivity index (χ2v) is 4.47. The molecule has 0 atom stereocenters. The summed E-state index contributed by atoms with van der Waals surface area (Å²) in [6.07, 6.45) is 9.90. The third-order valence-electron chi connectivity index (χ3n) is 3.51. The Morgan fingerprint density at radius 1 is 1.33 bits per heavy atom. The van der Waals surface area contributed by atoms with Gasteiger partial charge in [0.2, 0.25) is 0 Å². The molecule has 0 amide bonds. The minimum Gasteiger partial charge on any atom is -0.337 e. The van der Waals surface area contributed by atoms with Gasteiger partial charge in [0.25, 0.3) is 0 Å². The van der Waals surface area contributed by atoms with Gasteiger partial charge in [-0.15, -0.1) is 0 Å². The quantitative estimate of drug-likeness (QED) is 0.753. The van der Waals surface area contributed by atoms with E-state index in [2.05, 4.69) is 27.6 Å². The van der Waals surface area contributed by atoms with E-state index in [1.807, 2.05) is 12.5 Å². The predicted octanol–water partition coefficient (Wildman–Crippen LogP) is 2.01. The van der Waals surface area contributed by atoms with Crippen LogP contribution in [0.2, 0.25) is 0 Å². The molecule has 0 aromatic carbocycles. The highest BCUT2D eigenvalue weighted by Crippen LogP contribution is 2.20. The molecular weight excluding hydrogens is 186 g/mol. The molecule has 0 bridgehead atoms. The number of hydrogen-bond donors (Lipinski definition) is 0. The molecule has 84 valence electrons.